The van der Waals surface area contributed by atoms with Gasteiger partial charge in [0, 0.05) is 16.6 Å². The Morgan fingerprint density at radius 2 is 2.00 bits per heavy atom. The first-order valence-electron chi connectivity index (χ1n) is 5.84. The van der Waals surface area contributed by atoms with E-state index in [2.05, 4.69) is 5.32 Å². The van der Waals surface area contributed by atoms with Crippen molar-refractivity contribution in [3.05, 3.63) is 33.8 Å². The van der Waals surface area contributed by atoms with Gasteiger partial charge in [-0.3, -0.25) is 9.59 Å². The lowest BCUT2D eigenvalue weighted by atomic mass is 10.00. The summed E-state index contributed by atoms with van der Waals surface area (Å²) < 4.78 is 0. The Morgan fingerprint density at radius 1 is 1.32 bits per heavy atom. The fourth-order valence-corrected chi connectivity index (χ4v) is 2.45. The van der Waals surface area contributed by atoms with E-state index in [4.69, 9.17) is 23.2 Å². The van der Waals surface area contributed by atoms with Gasteiger partial charge in [-0.05, 0) is 37.6 Å². The van der Waals surface area contributed by atoms with Crippen LogP contribution in [0.15, 0.2) is 18.2 Å². The van der Waals surface area contributed by atoms with E-state index in [1.54, 1.807) is 32.0 Å². The van der Waals surface area contributed by atoms with Gasteiger partial charge in [-0.15, -0.1) is 0 Å². The fourth-order valence-electron chi connectivity index (χ4n) is 2.08. The van der Waals surface area contributed by atoms with Gasteiger partial charge in [0.2, 0.25) is 11.8 Å². The molecule has 4 nitrogen and oxygen atoms in total. The molecule has 0 unspecified atom stereocenters. The average molecular weight is 301 g/mol. The van der Waals surface area contributed by atoms with Crippen LogP contribution in [0.2, 0.25) is 10.0 Å². The zero-order valence-corrected chi connectivity index (χ0v) is 12.2. The molecule has 0 bridgehead atoms. The zero-order valence-electron chi connectivity index (χ0n) is 10.7. The number of nitrogens with zero attached hydrogens (tertiary/aromatic N) is 1. The van der Waals surface area contributed by atoms with E-state index >= 15 is 0 Å². The maximum Gasteiger partial charge on any atom is 0.248 e. The third-order valence-corrected chi connectivity index (χ3v) is 3.58. The minimum absolute atomic E-state index is 0.0328. The Balaban J connectivity index is 2.24. The van der Waals surface area contributed by atoms with Crippen molar-refractivity contribution in [3.63, 3.8) is 0 Å². The molecule has 6 heteroatoms. The standard InChI is InChI=1S/C13H14Cl2N2O2/c1-13(2)12(19)17(7-11(18)16-13)6-8-5-9(14)3-4-10(8)15/h3-5H,6-7H2,1-2H3,(H,16,18). The summed E-state index contributed by atoms with van der Waals surface area (Å²) in [6.07, 6.45) is 0. The highest BCUT2D eigenvalue weighted by Gasteiger charge is 2.39. The van der Waals surface area contributed by atoms with Crippen molar-refractivity contribution in [2.75, 3.05) is 6.54 Å². The predicted octanol–water partition coefficient (Wildman–Crippen LogP) is 2.23. The molecule has 1 aliphatic heterocycles. The second kappa shape index (κ2) is 5.02. The molecule has 0 radical (unpaired) electrons. The van der Waals surface area contributed by atoms with Gasteiger partial charge in [0.05, 0.1) is 6.54 Å². The highest BCUT2D eigenvalue weighted by Crippen LogP contribution is 2.24. The van der Waals surface area contributed by atoms with E-state index in [-0.39, 0.29) is 24.9 Å². The van der Waals surface area contributed by atoms with E-state index < -0.39 is 5.54 Å². The summed E-state index contributed by atoms with van der Waals surface area (Å²) in [4.78, 5) is 25.3. The second-order valence-corrected chi connectivity index (χ2v) is 5.91. The summed E-state index contributed by atoms with van der Waals surface area (Å²) in [5.74, 6) is -0.314. The molecule has 19 heavy (non-hydrogen) atoms. The van der Waals surface area contributed by atoms with Crippen LogP contribution in [-0.4, -0.2) is 28.8 Å². The van der Waals surface area contributed by atoms with Crippen LogP contribution in [0.1, 0.15) is 19.4 Å². The number of piperazine rings is 1. The van der Waals surface area contributed by atoms with Crippen molar-refractivity contribution in [3.8, 4) is 0 Å². The molecular weight excluding hydrogens is 287 g/mol. The third kappa shape index (κ3) is 3.01. The van der Waals surface area contributed by atoms with E-state index in [1.807, 2.05) is 0 Å². The first-order chi connectivity index (χ1) is 8.79. The van der Waals surface area contributed by atoms with Crippen molar-refractivity contribution >= 4 is 35.0 Å². The minimum Gasteiger partial charge on any atom is -0.341 e. The van der Waals surface area contributed by atoms with Crippen LogP contribution < -0.4 is 5.32 Å². The molecule has 1 N–H and O–H groups in total. The molecule has 1 heterocycles. The van der Waals surface area contributed by atoms with Crippen LogP contribution in [0.4, 0.5) is 0 Å². The number of rotatable bonds is 2. The summed E-state index contributed by atoms with van der Waals surface area (Å²) in [6, 6.07) is 5.07. The summed E-state index contributed by atoms with van der Waals surface area (Å²) in [5, 5.41) is 3.74. The maximum absolute atomic E-state index is 12.2. The van der Waals surface area contributed by atoms with Crippen molar-refractivity contribution in [1.29, 1.82) is 0 Å². The molecule has 0 saturated carbocycles. The monoisotopic (exact) mass is 300 g/mol. The smallest absolute Gasteiger partial charge is 0.248 e. The van der Waals surface area contributed by atoms with Crippen molar-refractivity contribution in [1.82, 2.24) is 10.2 Å². The number of nitrogens with one attached hydrogen (secondary N) is 1. The lowest BCUT2D eigenvalue weighted by molar-refractivity contribution is -0.148. The number of benzene rings is 1. The Labute approximate surface area is 121 Å². The molecule has 1 aliphatic rings. The summed E-state index contributed by atoms with van der Waals surface area (Å²) >= 11 is 12.0. The Hall–Kier alpha value is -1.26. The largest absolute Gasteiger partial charge is 0.341 e. The number of carbonyl (C=O) groups is 2. The number of hydrogen-bond donors (Lipinski definition) is 1. The molecule has 1 aromatic carbocycles. The lowest BCUT2D eigenvalue weighted by Crippen LogP contribution is -2.63. The molecular formula is C13H14Cl2N2O2. The summed E-state index contributed by atoms with van der Waals surface area (Å²) in [7, 11) is 0. The first kappa shape index (κ1) is 14.2. The van der Waals surface area contributed by atoms with E-state index in [1.165, 1.54) is 4.90 Å². The van der Waals surface area contributed by atoms with Crippen LogP contribution >= 0.6 is 23.2 Å². The van der Waals surface area contributed by atoms with Gasteiger partial charge in [-0.1, -0.05) is 23.2 Å². The third-order valence-electron chi connectivity index (χ3n) is 2.98. The number of carbonyl (C=O) groups excluding carboxylic acids is 2. The van der Waals surface area contributed by atoms with Crippen LogP contribution in [0, 0.1) is 0 Å². The van der Waals surface area contributed by atoms with Gasteiger partial charge >= 0.3 is 0 Å². The van der Waals surface area contributed by atoms with Crippen molar-refractivity contribution in [2.45, 2.75) is 25.9 Å². The molecule has 2 rings (SSSR count). The lowest BCUT2D eigenvalue weighted by Gasteiger charge is -2.37. The molecule has 0 aliphatic carbocycles. The summed E-state index contributed by atoms with van der Waals surface area (Å²) in [6.45, 7) is 3.66. The van der Waals surface area contributed by atoms with Gasteiger partial charge in [0.15, 0.2) is 0 Å². The van der Waals surface area contributed by atoms with Crippen LogP contribution in [0.25, 0.3) is 0 Å². The van der Waals surface area contributed by atoms with Gasteiger partial charge < -0.3 is 10.2 Å². The van der Waals surface area contributed by atoms with E-state index in [0.717, 1.165) is 5.56 Å². The molecule has 102 valence electrons. The predicted molar refractivity (Wildman–Crippen MR) is 74.1 cm³/mol. The normalized spacial score (nSPS) is 18.4. The van der Waals surface area contributed by atoms with Gasteiger partial charge in [0.1, 0.15) is 5.54 Å². The van der Waals surface area contributed by atoms with Crippen LogP contribution in [-0.2, 0) is 16.1 Å². The van der Waals surface area contributed by atoms with Crippen LogP contribution in [0.5, 0.6) is 0 Å². The second-order valence-electron chi connectivity index (χ2n) is 5.07. The summed E-state index contributed by atoms with van der Waals surface area (Å²) in [5.41, 5.74) is -0.159. The molecule has 0 aromatic heterocycles. The number of halogens is 2. The SMILES string of the molecule is CC1(C)NC(=O)CN(Cc2cc(Cl)ccc2Cl)C1=O. The molecule has 0 atom stereocenters. The highest BCUT2D eigenvalue weighted by molar-refractivity contribution is 6.33. The Morgan fingerprint density at radius 3 is 2.68 bits per heavy atom. The molecule has 1 fully saturated rings. The maximum atomic E-state index is 12.2. The van der Waals surface area contributed by atoms with Crippen molar-refractivity contribution in [2.24, 2.45) is 0 Å². The molecule has 1 saturated heterocycles. The number of amides is 2. The molecule has 1 aromatic rings. The zero-order chi connectivity index (χ0) is 14.2. The first-order valence-corrected chi connectivity index (χ1v) is 6.59. The van der Waals surface area contributed by atoms with Crippen LogP contribution in [0.3, 0.4) is 0 Å². The van der Waals surface area contributed by atoms with Crippen molar-refractivity contribution < 1.29 is 9.59 Å². The fraction of sp³-hybridized carbons (Fsp3) is 0.385. The van der Waals surface area contributed by atoms with E-state index in [9.17, 15) is 9.59 Å². The molecule has 0 spiro atoms. The van der Waals surface area contributed by atoms with Gasteiger partial charge in [0.25, 0.3) is 0 Å². The average Bonchev–Trinajstić information content (AvgIpc) is 2.29. The minimum atomic E-state index is -0.889. The quantitative estimate of drug-likeness (QED) is 0.910. The Bertz CT molecular complexity index is 543. The topological polar surface area (TPSA) is 49.4 Å². The number of hydrogen-bond acceptors (Lipinski definition) is 2. The van der Waals surface area contributed by atoms with Gasteiger partial charge in [-0.2, -0.15) is 0 Å². The highest BCUT2D eigenvalue weighted by atomic mass is 35.5. The van der Waals surface area contributed by atoms with Gasteiger partial charge in [-0.25, -0.2) is 0 Å². The van der Waals surface area contributed by atoms with E-state index in [0.29, 0.717) is 10.0 Å². The Kier molecular flexibility index (Phi) is 3.74. The molecule has 2 amide bonds.